The number of aryl methyl sites for hydroxylation is 1. The Morgan fingerprint density at radius 3 is 2.61 bits per heavy atom. The van der Waals surface area contributed by atoms with Gasteiger partial charge in [-0.3, -0.25) is 15.3 Å². The number of hydrogen-bond donors (Lipinski definition) is 3. The summed E-state index contributed by atoms with van der Waals surface area (Å²) in [5.74, 6) is 1.29. The predicted molar refractivity (Wildman–Crippen MR) is 145 cm³/mol. The minimum Gasteiger partial charge on any atom is -0.381 e. The van der Waals surface area contributed by atoms with Crippen LogP contribution in [0.1, 0.15) is 54.5 Å². The van der Waals surface area contributed by atoms with E-state index in [1.165, 1.54) is 11.1 Å². The lowest BCUT2D eigenvalue weighted by Gasteiger charge is -2.48. The quantitative estimate of drug-likeness (QED) is 0.580. The van der Waals surface area contributed by atoms with E-state index in [-0.39, 0.29) is 24.2 Å². The fourth-order valence-electron chi connectivity index (χ4n) is 8.00. The number of nitrogens with one attached hydrogen (secondary N) is 3. The van der Waals surface area contributed by atoms with E-state index < -0.39 is 0 Å². The van der Waals surface area contributed by atoms with E-state index in [2.05, 4.69) is 80.3 Å². The molecule has 7 atom stereocenters. The molecule has 8 heteroatoms. The van der Waals surface area contributed by atoms with Gasteiger partial charge in [-0.2, -0.15) is 0 Å². The minimum absolute atomic E-state index is 0.122. The van der Waals surface area contributed by atoms with Crippen LogP contribution >= 0.6 is 0 Å². The fraction of sp³-hybridized carbons (Fsp3) is 0.600. The van der Waals surface area contributed by atoms with Gasteiger partial charge in [0.05, 0.1) is 12.1 Å². The molecule has 2 aromatic rings. The number of carbonyl (C=O) groups excluding carboxylic acids is 1. The zero-order valence-corrected chi connectivity index (χ0v) is 22.3. The molecule has 1 saturated carbocycles. The van der Waals surface area contributed by atoms with E-state index in [9.17, 15) is 4.79 Å². The molecule has 8 nitrogen and oxygen atoms in total. The second kappa shape index (κ2) is 10.2. The van der Waals surface area contributed by atoms with E-state index in [1.54, 1.807) is 0 Å². The maximum Gasteiger partial charge on any atom is 0.317 e. The van der Waals surface area contributed by atoms with Crippen LogP contribution < -0.4 is 16.2 Å². The van der Waals surface area contributed by atoms with E-state index in [0.29, 0.717) is 29.8 Å². The van der Waals surface area contributed by atoms with Crippen LogP contribution in [-0.2, 0) is 4.74 Å². The molecule has 0 radical (unpaired) electrons. The number of nitrogens with zero attached hydrogens (tertiary/aromatic N) is 3. The van der Waals surface area contributed by atoms with Crippen molar-refractivity contribution in [1.82, 2.24) is 31.0 Å². The normalized spacial score (nSPS) is 36.1. The third-order valence-electron chi connectivity index (χ3n) is 9.95. The van der Waals surface area contributed by atoms with Gasteiger partial charge in [0, 0.05) is 68.8 Å². The molecule has 5 fully saturated rings. The summed E-state index contributed by atoms with van der Waals surface area (Å²) in [7, 11) is 0. The summed E-state index contributed by atoms with van der Waals surface area (Å²) in [6.07, 6.45) is 6.17. The van der Waals surface area contributed by atoms with Crippen LogP contribution in [-0.4, -0.2) is 77.8 Å². The van der Waals surface area contributed by atoms with Gasteiger partial charge in [0.25, 0.3) is 0 Å². The van der Waals surface area contributed by atoms with Gasteiger partial charge in [0.1, 0.15) is 0 Å². The zero-order chi connectivity index (χ0) is 25.6. The van der Waals surface area contributed by atoms with Gasteiger partial charge in [-0.25, -0.2) is 10.2 Å². The molecule has 1 aromatic heterocycles. The molecule has 4 saturated heterocycles. The summed E-state index contributed by atoms with van der Waals surface area (Å²) in [5, 5.41) is 3.46. The van der Waals surface area contributed by atoms with Gasteiger partial charge in [0.15, 0.2) is 0 Å². The van der Waals surface area contributed by atoms with E-state index in [0.717, 1.165) is 64.2 Å². The molecule has 5 heterocycles. The number of rotatable bonds is 4. The smallest absolute Gasteiger partial charge is 0.317 e. The molecular formula is C30H40N6O2. The SMILES string of the molecule is Cc1cc(C2NNC3CC4NC(=O)N([C@@H]5CN(C6CCOCC6)C[C@H]5c5ccccc5)CC4CC32)ccn1. The van der Waals surface area contributed by atoms with Gasteiger partial charge in [-0.1, -0.05) is 30.3 Å². The van der Waals surface area contributed by atoms with Crippen LogP contribution in [0.2, 0.25) is 0 Å². The molecule has 1 aliphatic carbocycles. The number of hydrogen-bond acceptors (Lipinski definition) is 6. The second-order valence-corrected chi connectivity index (χ2v) is 12.1. The molecule has 0 bridgehead atoms. The molecule has 0 spiro atoms. The molecule has 5 unspecified atom stereocenters. The summed E-state index contributed by atoms with van der Waals surface area (Å²) in [5.41, 5.74) is 10.8. The van der Waals surface area contributed by atoms with Crippen molar-refractivity contribution >= 4 is 6.03 Å². The molecule has 5 aliphatic rings. The van der Waals surface area contributed by atoms with Crippen LogP contribution in [0.15, 0.2) is 48.7 Å². The van der Waals surface area contributed by atoms with Crippen molar-refractivity contribution in [1.29, 1.82) is 0 Å². The van der Waals surface area contributed by atoms with Crippen molar-refractivity contribution in [3.63, 3.8) is 0 Å². The number of likely N-dealkylation sites (tertiary alicyclic amines) is 1. The number of pyridine rings is 1. The van der Waals surface area contributed by atoms with Crippen LogP contribution in [0, 0.1) is 18.8 Å². The van der Waals surface area contributed by atoms with E-state index in [4.69, 9.17) is 4.74 Å². The average molecular weight is 517 g/mol. The van der Waals surface area contributed by atoms with Gasteiger partial charge in [-0.05, 0) is 67.7 Å². The number of ether oxygens (including phenoxy) is 1. The third kappa shape index (κ3) is 4.51. The first-order valence-corrected chi connectivity index (χ1v) is 14.5. The van der Waals surface area contributed by atoms with E-state index in [1.807, 2.05) is 6.20 Å². The lowest BCUT2D eigenvalue weighted by molar-refractivity contribution is 0.0377. The Labute approximate surface area is 225 Å². The van der Waals surface area contributed by atoms with Crippen LogP contribution in [0.4, 0.5) is 4.79 Å². The van der Waals surface area contributed by atoms with Crippen molar-refractivity contribution in [3.8, 4) is 0 Å². The van der Waals surface area contributed by atoms with Crippen LogP contribution in [0.3, 0.4) is 0 Å². The summed E-state index contributed by atoms with van der Waals surface area (Å²) < 4.78 is 5.66. The first-order valence-electron chi connectivity index (χ1n) is 14.5. The highest BCUT2D eigenvalue weighted by atomic mass is 16.5. The third-order valence-corrected chi connectivity index (χ3v) is 9.95. The summed E-state index contributed by atoms with van der Waals surface area (Å²) in [6, 6.07) is 17.0. The fourth-order valence-corrected chi connectivity index (χ4v) is 8.00. The number of aromatic nitrogens is 1. The number of hydrazine groups is 1. The second-order valence-electron chi connectivity index (χ2n) is 12.1. The highest BCUT2D eigenvalue weighted by Gasteiger charge is 2.50. The standard InChI is InChI=1S/C30H40N6O2/c1-19-13-21(7-10-31-19)29-24-14-22-16-36(30(37)32-26(22)15-27(24)33-34-29)28-18-35(23-8-11-38-12-9-23)17-25(28)20-5-3-2-4-6-20/h2-7,10,13,22-29,33-34H,8-9,11-12,14-18H2,1H3,(H,32,37)/t22?,24?,25-,26?,27?,28+,29?/m0/s1. The number of amides is 2. The van der Waals surface area contributed by atoms with Gasteiger partial charge in [-0.15, -0.1) is 0 Å². The predicted octanol–water partition coefficient (Wildman–Crippen LogP) is 2.97. The molecule has 38 heavy (non-hydrogen) atoms. The maximum atomic E-state index is 13.6. The lowest BCUT2D eigenvalue weighted by Crippen LogP contribution is -2.63. The molecular weight excluding hydrogens is 476 g/mol. The monoisotopic (exact) mass is 516 g/mol. The van der Waals surface area contributed by atoms with Gasteiger partial charge >= 0.3 is 6.03 Å². The summed E-state index contributed by atoms with van der Waals surface area (Å²) in [4.78, 5) is 22.9. The van der Waals surface area contributed by atoms with Crippen molar-refractivity contribution in [2.45, 2.75) is 68.7 Å². The maximum absolute atomic E-state index is 13.6. The number of carbonyl (C=O) groups is 1. The largest absolute Gasteiger partial charge is 0.381 e. The number of benzene rings is 1. The van der Waals surface area contributed by atoms with Crippen LogP contribution in [0.5, 0.6) is 0 Å². The topological polar surface area (TPSA) is 81.8 Å². The molecule has 202 valence electrons. The lowest BCUT2D eigenvalue weighted by atomic mass is 9.71. The number of fused-ring (bicyclic) bond motifs is 2. The highest BCUT2D eigenvalue weighted by Crippen LogP contribution is 2.43. The van der Waals surface area contributed by atoms with Crippen molar-refractivity contribution in [2.75, 3.05) is 32.8 Å². The zero-order valence-electron chi connectivity index (χ0n) is 22.3. The summed E-state index contributed by atoms with van der Waals surface area (Å²) in [6.45, 7) is 6.56. The number of urea groups is 1. The van der Waals surface area contributed by atoms with Gasteiger partial charge < -0.3 is 15.0 Å². The first kappa shape index (κ1) is 24.5. The molecule has 7 rings (SSSR count). The molecule has 3 N–H and O–H groups in total. The Kier molecular flexibility index (Phi) is 6.60. The van der Waals surface area contributed by atoms with Gasteiger partial charge in [0.2, 0.25) is 0 Å². The van der Waals surface area contributed by atoms with E-state index >= 15 is 0 Å². The van der Waals surface area contributed by atoms with Crippen molar-refractivity contribution in [3.05, 3.63) is 65.5 Å². The molecule has 4 aliphatic heterocycles. The van der Waals surface area contributed by atoms with Crippen LogP contribution in [0.25, 0.3) is 0 Å². The molecule has 1 aromatic carbocycles. The highest BCUT2D eigenvalue weighted by molar-refractivity contribution is 5.76. The Morgan fingerprint density at radius 2 is 1.79 bits per heavy atom. The van der Waals surface area contributed by atoms with Crippen molar-refractivity contribution in [2.24, 2.45) is 11.8 Å². The Hall–Kier alpha value is -2.52. The summed E-state index contributed by atoms with van der Waals surface area (Å²) >= 11 is 0. The average Bonchev–Trinajstić information content (AvgIpc) is 3.57. The Morgan fingerprint density at radius 1 is 0.947 bits per heavy atom. The minimum atomic E-state index is 0.122. The Bertz CT molecular complexity index is 1140. The van der Waals surface area contributed by atoms with Crippen molar-refractivity contribution < 1.29 is 9.53 Å². The first-order chi connectivity index (χ1) is 18.6. The Balaban J connectivity index is 1.12. The molecule has 2 amide bonds.